The van der Waals surface area contributed by atoms with Gasteiger partial charge in [-0.25, -0.2) is 0 Å². The van der Waals surface area contributed by atoms with Crippen LogP contribution in [0.1, 0.15) is 12.5 Å². The number of hydrogen-bond donors (Lipinski definition) is 1. The first-order chi connectivity index (χ1) is 11.0. The second kappa shape index (κ2) is 8.43. The molecule has 0 fully saturated rings. The maximum Gasteiger partial charge on any atom is 0.162 e. The molecule has 2 aromatic rings. The van der Waals surface area contributed by atoms with E-state index >= 15 is 0 Å². The molecule has 0 saturated heterocycles. The summed E-state index contributed by atoms with van der Waals surface area (Å²) in [5, 5.41) is 5.16. The lowest BCUT2D eigenvalue weighted by Crippen LogP contribution is -1.98. The molecule has 2 rings (SSSR count). The van der Waals surface area contributed by atoms with Gasteiger partial charge in [0.05, 0.1) is 35.7 Å². The van der Waals surface area contributed by atoms with E-state index < -0.39 is 0 Å². The number of ether oxygens (including phenoxy) is 2. The molecular formula is C16H15BrCl2N2O2. The number of nitrogens with one attached hydrogen (secondary N) is 1. The van der Waals surface area contributed by atoms with Crippen LogP contribution in [-0.2, 0) is 0 Å². The fourth-order valence-corrected chi connectivity index (χ4v) is 2.54. The Morgan fingerprint density at radius 1 is 1.17 bits per heavy atom. The molecule has 4 nitrogen and oxygen atoms in total. The Morgan fingerprint density at radius 3 is 2.61 bits per heavy atom. The van der Waals surface area contributed by atoms with Crippen molar-refractivity contribution in [3.8, 4) is 11.5 Å². The van der Waals surface area contributed by atoms with Crippen LogP contribution in [0.25, 0.3) is 0 Å². The largest absolute Gasteiger partial charge is 0.493 e. The Kier molecular flexibility index (Phi) is 6.57. The first-order valence-corrected chi connectivity index (χ1v) is 8.34. The van der Waals surface area contributed by atoms with E-state index in [1.54, 1.807) is 31.5 Å². The smallest absolute Gasteiger partial charge is 0.162 e. The first-order valence-electron chi connectivity index (χ1n) is 6.79. The van der Waals surface area contributed by atoms with E-state index in [1.807, 2.05) is 19.1 Å². The third-order valence-corrected chi connectivity index (χ3v) is 4.33. The summed E-state index contributed by atoms with van der Waals surface area (Å²) in [6.45, 7) is 2.49. The molecule has 0 saturated carbocycles. The van der Waals surface area contributed by atoms with Crippen LogP contribution in [0.2, 0.25) is 10.0 Å². The highest BCUT2D eigenvalue weighted by atomic mass is 79.9. The average Bonchev–Trinajstić information content (AvgIpc) is 2.53. The zero-order valence-corrected chi connectivity index (χ0v) is 15.7. The van der Waals surface area contributed by atoms with Crippen LogP contribution < -0.4 is 14.9 Å². The molecule has 0 atom stereocenters. The number of benzene rings is 2. The van der Waals surface area contributed by atoms with E-state index in [0.29, 0.717) is 28.2 Å². The van der Waals surface area contributed by atoms with Crippen molar-refractivity contribution in [1.82, 2.24) is 0 Å². The Morgan fingerprint density at radius 2 is 1.96 bits per heavy atom. The molecular weight excluding hydrogens is 403 g/mol. The fourth-order valence-electron chi connectivity index (χ4n) is 1.82. The van der Waals surface area contributed by atoms with Crippen molar-refractivity contribution in [3.63, 3.8) is 0 Å². The van der Waals surface area contributed by atoms with Crippen molar-refractivity contribution in [2.45, 2.75) is 6.92 Å². The van der Waals surface area contributed by atoms with Gasteiger partial charge in [-0.2, -0.15) is 5.10 Å². The molecule has 0 bridgehead atoms. The minimum Gasteiger partial charge on any atom is -0.493 e. The summed E-state index contributed by atoms with van der Waals surface area (Å²) in [4.78, 5) is 0. The molecule has 0 aliphatic rings. The minimum atomic E-state index is 0.468. The van der Waals surface area contributed by atoms with Crippen molar-refractivity contribution >= 4 is 51.0 Å². The standard InChI is InChI=1S/C16H15BrCl2N2O2/c1-3-23-16-8-12(17)10(6-15(16)22-2)9-20-21-11-4-5-13(18)14(19)7-11/h4-9,21H,3H2,1-2H3. The molecule has 0 aliphatic carbocycles. The summed E-state index contributed by atoms with van der Waals surface area (Å²) in [5.41, 5.74) is 4.48. The lowest BCUT2D eigenvalue weighted by molar-refractivity contribution is 0.310. The second-order valence-electron chi connectivity index (χ2n) is 4.46. The van der Waals surface area contributed by atoms with E-state index in [-0.39, 0.29) is 0 Å². The number of methoxy groups -OCH3 is 1. The topological polar surface area (TPSA) is 42.8 Å². The molecule has 0 aliphatic heterocycles. The van der Waals surface area contributed by atoms with E-state index in [2.05, 4.69) is 26.5 Å². The predicted octanol–water partition coefficient (Wildman–Crippen LogP) is 5.61. The molecule has 0 unspecified atom stereocenters. The van der Waals surface area contributed by atoms with Crippen molar-refractivity contribution in [3.05, 3.63) is 50.4 Å². The number of nitrogens with zero attached hydrogens (tertiary/aromatic N) is 1. The number of hydrogen-bond acceptors (Lipinski definition) is 4. The molecule has 0 amide bonds. The first kappa shape index (κ1) is 17.9. The van der Waals surface area contributed by atoms with Crippen LogP contribution in [-0.4, -0.2) is 19.9 Å². The SMILES string of the molecule is CCOc1cc(Br)c(C=NNc2ccc(Cl)c(Cl)c2)cc1OC. The van der Waals surface area contributed by atoms with Gasteiger partial charge in [0.1, 0.15) is 0 Å². The lowest BCUT2D eigenvalue weighted by atomic mass is 10.2. The van der Waals surface area contributed by atoms with Gasteiger partial charge in [-0.15, -0.1) is 0 Å². The summed E-state index contributed by atoms with van der Waals surface area (Å²) in [6, 6.07) is 8.89. The third kappa shape index (κ3) is 4.77. The molecule has 23 heavy (non-hydrogen) atoms. The van der Waals surface area contributed by atoms with Crippen LogP contribution in [0.4, 0.5) is 5.69 Å². The highest BCUT2D eigenvalue weighted by Crippen LogP contribution is 2.33. The average molecular weight is 418 g/mol. The van der Waals surface area contributed by atoms with Crippen molar-refractivity contribution in [2.24, 2.45) is 5.10 Å². The predicted molar refractivity (Wildman–Crippen MR) is 99.5 cm³/mol. The van der Waals surface area contributed by atoms with E-state index in [1.165, 1.54) is 0 Å². The second-order valence-corrected chi connectivity index (χ2v) is 6.13. The Labute approximate surface area is 153 Å². The van der Waals surface area contributed by atoms with Gasteiger partial charge in [0.25, 0.3) is 0 Å². The Balaban J connectivity index is 2.16. The molecule has 0 spiro atoms. The van der Waals surface area contributed by atoms with Crippen molar-refractivity contribution in [2.75, 3.05) is 19.1 Å². The summed E-state index contributed by atoms with van der Waals surface area (Å²) in [5.74, 6) is 1.32. The molecule has 7 heteroatoms. The molecule has 0 heterocycles. The van der Waals surface area contributed by atoms with E-state index in [9.17, 15) is 0 Å². The highest BCUT2D eigenvalue weighted by molar-refractivity contribution is 9.10. The summed E-state index contributed by atoms with van der Waals surface area (Å²) >= 11 is 15.3. The van der Waals surface area contributed by atoms with Gasteiger partial charge < -0.3 is 9.47 Å². The quantitative estimate of drug-likeness (QED) is 0.490. The van der Waals surface area contributed by atoms with Crippen LogP contribution in [0.15, 0.2) is 39.9 Å². The van der Waals surface area contributed by atoms with E-state index in [0.717, 1.165) is 15.7 Å². The van der Waals surface area contributed by atoms with Crippen LogP contribution >= 0.6 is 39.1 Å². The van der Waals surface area contributed by atoms with Gasteiger partial charge in [0.2, 0.25) is 0 Å². The Bertz CT molecular complexity index is 723. The molecule has 122 valence electrons. The van der Waals surface area contributed by atoms with Gasteiger partial charge in [-0.05, 0) is 53.2 Å². The van der Waals surface area contributed by atoms with Gasteiger partial charge in [-0.1, -0.05) is 23.2 Å². The van der Waals surface area contributed by atoms with Gasteiger partial charge >= 0.3 is 0 Å². The van der Waals surface area contributed by atoms with Crippen LogP contribution in [0.5, 0.6) is 11.5 Å². The summed E-state index contributed by atoms with van der Waals surface area (Å²) < 4.78 is 11.7. The lowest BCUT2D eigenvalue weighted by Gasteiger charge is -2.11. The highest BCUT2D eigenvalue weighted by Gasteiger charge is 2.08. The van der Waals surface area contributed by atoms with Gasteiger partial charge in [-0.3, -0.25) is 5.43 Å². The van der Waals surface area contributed by atoms with Crippen molar-refractivity contribution in [1.29, 1.82) is 0 Å². The zero-order chi connectivity index (χ0) is 16.8. The van der Waals surface area contributed by atoms with Crippen molar-refractivity contribution < 1.29 is 9.47 Å². The number of anilines is 1. The monoisotopic (exact) mass is 416 g/mol. The van der Waals surface area contributed by atoms with Crippen LogP contribution in [0.3, 0.4) is 0 Å². The molecule has 0 aromatic heterocycles. The van der Waals surface area contributed by atoms with E-state index in [4.69, 9.17) is 32.7 Å². The summed E-state index contributed by atoms with van der Waals surface area (Å²) in [7, 11) is 1.60. The molecule has 1 N–H and O–H groups in total. The normalized spacial score (nSPS) is 10.8. The fraction of sp³-hybridized carbons (Fsp3) is 0.188. The van der Waals surface area contributed by atoms with Gasteiger partial charge in [0, 0.05) is 10.0 Å². The minimum absolute atomic E-state index is 0.468. The van der Waals surface area contributed by atoms with Gasteiger partial charge in [0.15, 0.2) is 11.5 Å². The number of rotatable bonds is 6. The summed E-state index contributed by atoms with van der Waals surface area (Å²) in [6.07, 6.45) is 1.67. The third-order valence-electron chi connectivity index (χ3n) is 2.90. The number of halogens is 3. The van der Waals surface area contributed by atoms with Crippen LogP contribution in [0, 0.1) is 0 Å². The molecule has 2 aromatic carbocycles. The molecule has 0 radical (unpaired) electrons. The maximum atomic E-state index is 5.96. The maximum absolute atomic E-state index is 5.96. The number of hydrazone groups is 1. The zero-order valence-electron chi connectivity index (χ0n) is 12.6. The Hall–Kier alpha value is -1.43.